The molecule has 0 unspecified atom stereocenters. The Labute approximate surface area is 115 Å². The number of nitrogens with one attached hydrogen (secondary N) is 2. The largest absolute Gasteiger partial charge is 0.493 e. The number of hydrazone groups is 1. The number of benzene rings is 1. The number of hydrogen-bond donors (Lipinski definition) is 3. The van der Waals surface area contributed by atoms with E-state index in [4.69, 9.17) is 26.3 Å². The number of ether oxygens (including phenoxy) is 2. The molecular formula is C11H15ClN4O3. The molecular weight excluding hydrogens is 272 g/mol. The third-order valence-corrected chi connectivity index (χ3v) is 2.61. The van der Waals surface area contributed by atoms with E-state index in [2.05, 4.69) is 15.5 Å². The van der Waals surface area contributed by atoms with Crippen molar-refractivity contribution in [2.24, 2.45) is 10.1 Å². The number of rotatable bonds is 4. The maximum absolute atomic E-state index is 8.65. The fourth-order valence-corrected chi connectivity index (χ4v) is 1.57. The van der Waals surface area contributed by atoms with E-state index < -0.39 is 0 Å². The van der Waals surface area contributed by atoms with Crippen LogP contribution in [0.4, 0.5) is 0 Å². The molecule has 3 N–H and O–H groups in total. The molecule has 0 aliphatic heterocycles. The van der Waals surface area contributed by atoms with Gasteiger partial charge in [0.2, 0.25) is 5.96 Å². The summed E-state index contributed by atoms with van der Waals surface area (Å²) in [5.41, 5.74) is 4.95. The lowest BCUT2D eigenvalue weighted by Crippen LogP contribution is -2.31. The molecule has 19 heavy (non-hydrogen) atoms. The Bertz CT molecular complexity index is 491. The number of hydroxylamine groups is 1. The van der Waals surface area contributed by atoms with Crippen LogP contribution in [0.2, 0.25) is 5.02 Å². The van der Waals surface area contributed by atoms with Crippen LogP contribution >= 0.6 is 11.6 Å². The second kappa shape index (κ2) is 7.45. The van der Waals surface area contributed by atoms with E-state index in [0.29, 0.717) is 22.1 Å². The molecule has 0 bridgehead atoms. The summed E-state index contributed by atoms with van der Waals surface area (Å²) < 4.78 is 10.3. The fraction of sp³-hybridized carbons (Fsp3) is 0.273. The molecule has 0 fully saturated rings. The smallest absolute Gasteiger partial charge is 0.236 e. The molecule has 0 saturated heterocycles. The molecule has 0 aliphatic carbocycles. The first kappa shape index (κ1) is 15.1. The Hall–Kier alpha value is -1.99. The van der Waals surface area contributed by atoms with Crippen molar-refractivity contribution in [2.45, 2.75) is 0 Å². The van der Waals surface area contributed by atoms with Gasteiger partial charge in [-0.1, -0.05) is 11.6 Å². The first-order valence-electron chi connectivity index (χ1n) is 5.24. The fourth-order valence-electron chi connectivity index (χ4n) is 1.29. The number of guanidine groups is 1. The predicted octanol–water partition coefficient (Wildman–Crippen LogP) is 1.25. The highest BCUT2D eigenvalue weighted by Crippen LogP contribution is 2.36. The van der Waals surface area contributed by atoms with Crippen molar-refractivity contribution < 1.29 is 14.7 Å². The molecule has 8 heteroatoms. The molecule has 7 nitrogen and oxygen atoms in total. The number of nitrogens with zero attached hydrogens (tertiary/aromatic N) is 2. The Morgan fingerprint density at radius 1 is 1.37 bits per heavy atom. The van der Waals surface area contributed by atoms with Gasteiger partial charge in [-0.3, -0.25) is 10.2 Å². The Kier molecular flexibility index (Phi) is 5.91. The number of methoxy groups -OCH3 is 2. The van der Waals surface area contributed by atoms with Crippen LogP contribution in [0.1, 0.15) is 5.56 Å². The van der Waals surface area contributed by atoms with Gasteiger partial charge in [0, 0.05) is 12.6 Å². The van der Waals surface area contributed by atoms with Crippen molar-refractivity contribution in [3.63, 3.8) is 0 Å². The summed E-state index contributed by atoms with van der Waals surface area (Å²) in [5.74, 6) is 1.07. The van der Waals surface area contributed by atoms with Gasteiger partial charge in [-0.15, -0.1) is 0 Å². The van der Waals surface area contributed by atoms with E-state index in [1.165, 1.54) is 27.5 Å². The number of aliphatic imine (C=N–C) groups is 1. The molecule has 0 saturated carbocycles. The van der Waals surface area contributed by atoms with E-state index in [0.717, 1.165) is 0 Å². The minimum atomic E-state index is 0.104. The summed E-state index contributed by atoms with van der Waals surface area (Å²) in [6.45, 7) is 0. The van der Waals surface area contributed by atoms with Crippen molar-refractivity contribution in [1.29, 1.82) is 0 Å². The van der Waals surface area contributed by atoms with Crippen molar-refractivity contribution in [3.05, 3.63) is 22.7 Å². The highest BCUT2D eigenvalue weighted by molar-refractivity contribution is 6.34. The van der Waals surface area contributed by atoms with E-state index in [1.807, 2.05) is 5.48 Å². The molecule has 0 spiro atoms. The SMILES string of the molecule is CN=C(NO)N/N=C/c1ccc(OC)c(OC)c1Cl. The zero-order valence-corrected chi connectivity index (χ0v) is 11.5. The Morgan fingerprint density at radius 3 is 2.63 bits per heavy atom. The van der Waals surface area contributed by atoms with Crippen LogP contribution < -0.4 is 20.4 Å². The summed E-state index contributed by atoms with van der Waals surface area (Å²) in [7, 11) is 4.52. The summed E-state index contributed by atoms with van der Waals surface area (Å²) >= 11 is 6.16. The average molecular weight is 287 g/mol. The van der Waals surface area contributed by atoms with Gasteiger partial charge in [-0.2, -0.15) is 5.10 Å². The van der Waals surface area contributed by atoms with Crippen LogP contribution in [0.15, 0.2) is 22.2 Å². The predicted molar refractivity (Wildman–Crippen MR) is 73.6 cm³/mol. The maximum Gasteiger partial charge on any atom is 0.236 e. The van der Waals surface area contributed by atoms with Crippen LogP contribution in [0.25, 0.3) is 0 Å². The lowest BCUT2D eigenvalue weighted by Gasteiger charge is -2.10. The normalized spacial score (nSPS) is 11.5. The average Bonchev–Trinajstić information content (AvgIpc) is 2.44. The second-order valence-corrected chi connectivity index (χ2v) is 3.64. The quantitative estimate of drug-likeness (QED) is 0.440. The third kappa shape index (κ3) is 3.73. The molecule has 0 amide bonds. The van der Waals surface area contributed by atoms with Crippen molar-refractivity contribution in [2.75, 3.05) is 21.3 Å². The van der Waals surface area contributed by atoms with Gasteiger partial charge in [-0.25, -0.2) is 10.9 Å². The minimum Gasteiger partial charge on any atom is -0.493 e. The molecule has 1 rings (SSSR count). The van der Waals surface area contributed by atoms with Crippen molar-refractivity contribution in [3.8, 4) is 11.5 Å². The van der Waals surface area contributed by atoms with Gasteiger partial charge in [-0.05, 0) is 12.1 Å². The maximum atomic E-state index is 8.65. The van der Waals surface area contributed by atoms with Crippen molar-refractivity contribution >= 4 is 23.8 Å². The molecule has 0 radical (unpaired) electrons. The van der Waals surface area contributed by atoms with Gasteiger partial charge >= 0.3 is 0 Å². The number of halogens is 1. The summed E-state index contributed by atoms with van der Waals surface area (Å²) in [6.07, 6.45) is 1.47. The van der Waals surface area contributed by atoms with Gasteiger partial charge in [0.05, 0.1) is 25.5 Å². The van der Waals surface area contributed by atoms with E-state index in [9.17, 15) is 0 Å². The molecule has 0 atom stereocenters. The van der Waals surface area contributed by atoms with Crippen LogP contribution in [-0.2, 0) is 0 Å². The molecule has 1 aromatic rings. The highest BCUT2D eigenvalue weighted by Gasteiger charge is 2.11. The molecule has 1 aromatic carbocycles. The van der Waals surface area contributed by atoms with Gasteiger partial charge < -0.3 is 9.47 Å². The van der Waals surface area contributed by atoms with Gasteiger partial charge in [0.1, 0.15) is 0 Å². The first-order valence-corrected chi connectivity index (χ1v) is 5.62. The summed E-state index contributed by atoms with van der Waals surface area (Å²) in [4.78, 5) is 3.67. The van der Waals surface area contributed by atoms with Crippen LogP contribution in [0.3, 0.4) is 0 Å². The van der Waals surface area contributed by atoms with E-state index >= 15 is 0 Å². The molecule has 0 aromatic heterocycles. The van der Waals surface area contributed by atoms with Gasteiger partial charge in [0.25, 0.3) is 0 Å². The van der Waals surface area contributed by atoms with Gasteiger partial charge in [0.15, 0.2) is 11.5 Å². The minimum absolute atomic E-state index is 0.104. The van der Waals surface area contributed by atoms with E-state index in [-0.39, 0.29) is 5.96 Å². The monoisotopic (exact) mass is 286 g/mol. The third-order valence-electron chi connectivity index (χ3n) is 2.22. The van der Waals surface area contributed by atoms with Crippen LogP contribution in [0, 0.1) is 0 Å². The topological polar surface area (TPSA) is 87.5 Å². The lowest BCUT2D eigenvalue weighted by atomic mass is 10.2. The standard InChI is InChI=1S/C11H15ClN4O3/c1-13-11(16-17)15-14-6-7-4-5-8(18-2)10(19-3)9(7)12/h4-6,17H,1-3H3,(H2,13,15,16)/b14-6+. The Morgan fingerprint density at radius 2 is 2.11 bits per heavy atom. The zero-order chi connectivity index (χ0) is 14.3. The molecule has 104 valence electrons. The second-order valence-electron chi connectivity index (χ2n) is 3.26. The lowest BCUT2D eigenvalue weighted by molar-refractivity contribution is 0.229. The summed E-state index contributed by atoms with van der Waals surface area (Å²) in [5, 5.41) is 12.9. The van der Waals surface area contributed by atoms with Crippen molar-refractivity contribution in [1.82, 2.24) is 10.9 Å². The first-order chi connectivity index (χ1) is 9.17. The zero-order valence-electron chi connectivity index (χ0n) is 10.8. The molecule has 0 aliphatic rings. The Balaban J connectivity index is 2.93. The number of hydrogen-bond acceptors (Lipinski definition) is 5. The highest BCUT2D eigenvalue weighted by atomic mass is 35.5. The molecule has 0 heterocycles. The summed E-state index contributed by atoms with van der Waals surface area (Å²) in [6, 6.07) is 3.44. The van der Waals surface area contributed by atoms with Crippen LogP contribution in [-0.4, -0.2) is 38.6 Å². The van der Waals surface area contributed by atoms with Crippen LogP contribution in [0.5, 0.6) is 11.5 Å². The van der Waals surface area contributed by atoms with E-state index in [1.54, 1.807) is 12.1 Å².